The van der Waals surface area contributed by atoms with E-state index in [1.165, 1.54) is 0 Å². The fraction of sp³-hybridized carbons (Fsp3) is 0.467. The van der Waals surface area contributed by atoms with Crippen LogP contribution in [0, 0.1) is 5.92 Å². The molecular weight excluding hydrogens is 196 g/mol. The Labute approximate surface area is 98.9 Å². The van der Waals surface area contributed by atoms with E-state index in [9.17, 15) is 5.11 Å². The molecule has 0 radical (unpaired) electrons. The van der Waals surface area contributed by atoms with Crippen molar-refractivity contribution in [3.05, 3.63) is 48.6 Å². The van der Waals surface area contributed by atoms with Gasteiger partial charge in [0.2, 0.25) is 0 Å². The zero-order valence-electron chi connectivity index (χ0n) is 10.2. The molecule has 0 spiro atoms. The molecule has 0 heterocycles. The highest BCUT2D eigenvalue weighted by atomic mass is 16.3. The smallest absolute Gasteiger partial charge is 0.0750 e. The largest absolute Gasteiger partial charge is 0.389 e. The average molecular weight is 218 g/mol. The Morgan fingerprint density at radius 3 is 2.62 bits per heavy atom. The van der Waals surface area contributed by atoms with Crippen LogP contribution in [0.25, 0.3) is 0 Å². The maximum Gasteiger partial charge on any atom is 0.0750 e. The standard InChI is InChI=1S/C15H22O/c1-11(2)14-8-5-12(3)6-10-15(16)13(4)7-9-14/h5,8,14-16H,1,3-4,6-7,9-10H2,2H3/b8-5+/t14-,15-/m0/s1. The summed E-state index contributed by atoms with van der Waals surface area (Å²) in [5.74, 6) is 0.374. The van der Waals surface area contributed by atoms with Crippen LogP contribution in [-0.2, 0) is 0 Å². The summed E-state index contributed by atoms with van der Waals surface area (Å²) < 4.78 is 0. The van der Waals surface area contributed by atoms with Gasteiger partial charge in [0.25, 0.3) is 0 Å². The van der Waals surface area contributed by atoms with Crippen molar-refractivity contribution in [3.63, 3.8) is 0 Å². The highest BCUT2D eigenvalue weighted by Gasteiger charge is 2.13. The highest BCUT2D eigenvalue weighted by molar-refractivity contribution is 5.21. The molecule has 0 aromatic rings. The maximum atomic E-state index is 9.85. The minimum Gasteiger partial charge on any atom is -0.389 e. The van der Waals surface area contributed by atoms with E-state index in [2.05, 4.69) is 31.9 Å². The number of hydrogen-bond acceptors (Lipinski definition) is 1. The molecule has 0 aromatic carbocycles. The average Bonchev–Trinajstić information content (AvgIpc) is 2.23. The van der Waals surface area contributed by atoms with Crippen LogP contribution in [0.5, 0.6) is 0 Å². The normalized spacial score (nSPS) is 29.9. The predicted octanol–water partition coefficient (Wildman–Crippen LogP) is 3.78. The molecule has 1 rings (SSSR count). The van der Waals surface area contributed by atoms with Gasteiger partial charge in [-0.05, 0) is 44.1 Å². The van der Waals surface area contributed by atoms with Gasteiger partial charge in [0.05, 0.1) is 6.10 Å². The minimum atomic E-state index is -0.381. The first-order chi connectivity index (χ1) is 7.50. The van der Waals surface area contributed by atoms with Gasteiger partial charge in [0.15, 0.2) is 0 Å². The second kappa shape index (κ2) is 5.86. The van der Waals surface area contributed by atoms with Crippen molar-refractivity contribution in [2.24, 2.45) is 5.92 Å². The molecule has 2 atom stereocenters. The van der Waals surface area contributed by atoms with Crippen LogP contribution < -0.4 is 0 Å². The summed E-state index contributed by atoms with van der Waals surface area (Å²) in [5, 5.41) is 9.85. The third-order valence-corrected chi connectivity index (χ3v) is 3.18. The van der Waals surface area contributed by atoms with E-state index < -0.39 is 0 Å². The number of aliphatic hydroxyl groups excluding tert-OH is 1. The molecule has 0 saturated heterocycles. The summed E-state index contributed by atoms with van der Waals surface area (Å²) in [6, 6.07) is 0. The molecule has 0 unspecified atom stereocenters. The van der Waals surface area contributed by atoms with E-state index in [4.69, 9.17) is 0 Å². The first-order valence-corrected chi connectivity index (χ1v) is 5.88. The van der Waals surface area contributed by atoms with E-state index in [0.29, 0.717) is 5.92 Å². The Balaban J connectivity index is 2.78. The van der Waals surface area contributed by atoms with Crippen molar-refractivity contribution in [2.45, 2.75) is 38.7 Å². The third kappa shape index (κ3) is 3.82. The third-order valence-electron chi connectivity index (χ3n) is 3.18. The Kier molecular flexibility index (Phi) is 4.75. The van der Waals surface area contributed by atoms with Gasteiger partial charge in [-0.1, -0.05) is 43.0 Å². The number of allylic oxidation sites excluding steroid dienone is 4. The van der Waals surface area contributed by atoms with E-state index in [0.717, 1.165) is 42.4 Å². The van der Waals surface area contributed by atoms with Gasteiger partial charge in [-0.2, -0.15) is 0 Å². The van der Waals surface area contributed by atoms with Crippen molar-refractivity contribution in [3.8, 4) is 0 Å². The lowest BCUT2D eigenvalue weighted by Gasteiger charge is -2.19. The van der Waals surface area contributed by atoms with Crippen molar-refractivity contribution in [2.75, 3.05) is 0 Å². The number of rotatable bonds is 1. The summed E-state index contributed by atoms with van der Waals surface area (Å²) in [5.41, 5.74) is 3.17. The van der Waals surface area contributed by atoms with Crippen molar-refractivity contribution >= 4 is 0 Å². The van der Waals surface area contributed by atoms with Crippen LogP contribution in [0.4, 0.5) is 0 Å². The molecular formula is C15H22O. The van der Waals surface area contributed by atoms with Crippen LogP contribution in [0.3, 0.4) is 0 Å². The Bertz CT molecular complexity index is 322. The first kappa shape index (κ1) is 13.0. The second-order valence-corrected chi connectivity index (χ2v) is 4.72. The lowest BCUT2D eigenvalue weighted by molar-refractivity contribution is 0.196. The zero-order chi connectivity index (χ0) is 12.1. The zero-order valence-corrected chi connectivity index (χ0v) is 10.2. The maximum absolute atomic E-state index is 9.85. The molecule has 16 heavy (non-hydrogen) atoms. The molecule has 1 heteroatoms. The van der Waals surface area contributed by atoms with E-state index in [-0.39, 0.29) is 6.10 Å². The molecule has 1 aliphatic rings. The van der Waals surface area contributed by atoms with Crippen molar-refractivity contribution < 1.29 is 5.11 Å². The number of hydrogen-bond donors (Lipinski definition) is 1. The molecule has 0 fully saturated rings. The van der Waals surface area contributed by atoms with Crippen molar-refractivity contribution in [1.82, 2.24) is 0 Å². The minimum absolute atomic E-state index is 0.374. The Morgan fingerprint density at radius 2 is 2.00 bits per heavy atom. The molecule has 0 saturated carbocycles. The molecule has 0 aliphatic heterocycles. The monoisotopic (exact) mass is 218 g/mol. The van der Waals surface area contributed by atoms with Crippen LogP contribution in [0.1, 0.15) is 32.6 Å². The quantitative estimate of drug-likeness (QED) is 0.664. The summed E-state index contributed by atoms with van der Waals surface area (Å²) >= 11 is 0. The molecule has 0 aromatic heterocycles. The molecule has 88 valence electrons. The number of aliphatic hydroxyl groups is 1. The lowest BCUT2D eigenvalue weighted by Crippen LogP contribution is -2.12. The fourth-order valence-electron chi connectivity index (χ4n) is 1.88. The van der Waals surface area contributed by atoms with Gasteiger partial charge >= 0.3 is 0 Å². The van der Waals surface area contributed by atoms with E-state index >= 15 is 0 Å². The van der Waals surface area contributed by atoms with Gasteiger partial charge in [-0.25, -0.2) is 0 Å². The van der Waals surface area contributed by atoms with E-state index in [1.54, 1.807) is 0 Å². The van der Waals surface area contributed by atoms with Crippen LogP contribution >= 0.6 is 0 Å². The van der Waals surface area contributed by atoms with Gasteiger partial charge in [0, 0.05) is 0 Å². The molecule has 1 aliphatic carbocycles. The van der Waals surface area contributed by atoms with Crippen LogP contribution in [0.2, 0.25) is 0 Å². The Morgan fingerprint density at radius 1 is 1.31 bits per heavy atom. The lowest BCUT2D eigenvalue weighted by atomic mass is 9.89. The van der Waals surface area contributed by atoms with Gasteiger partial charge in [-0.3, -0.25) is 0 Å². The second-order valence-electron chi connectivity index (χ2n) is 4.72. The topological polar surface area (TPSA) is 20.2 Å². The summed E-state index contributed by atoms with van der Waals surface area (Å²) in [7, 11) is 0. The van der Waals surface area contributed by atoms with Gasteiger partial charge in [0.1, 0.15) is 0 Å². The van der Waals surface area contributed by atoms with Crippen LogP contribution in [-0.4, -0.2) is 11.2 Å². The summed E-state index contributed by atoms with van der Waals surface area (Å²) in [6.07, 6.45) is 7.29. The summed E-state index contributed by atoms with van der Waals surface area (Å²) in [4.78, 5) is 0. The first-order valence-electron chi connectivity index (χ1n) is 5.88. The highest BCUT2D eigenvalue weighted by Crippen LogP contribution is 2.25. The van der Waals surface area contributed by atoms with Crippen molar-refractivity contribution in [1.29, 1.82) is 0 Å². The molecule has 1 N–H and O–H groups in total. The molecule has 0 bridgehead atoms. The molecule has 0 amide bonds. The summed E-state index contributed by atoms with van der Waals surface area (Å²) in [6.45, 7) is 14.0. The van der Waals surface area contributed by atoms with E-state index in [1.807, 2.05) is 6.92 Å². The van der Waals surface area contributed by atoms with Crippen LogP contribution in [0.15, 0.2) is 48.6 Å². The molecule has 1 nitrogen and oxygen atoms in total. The predicted molar refractivity (Wildman–Crippen MR) is 70.2 cm³/mol. The Hall–Kier alpha value is -1.08. The SMILES string of the molecule is C=C1/C=C/[C@H](C(=C)C)CCC(=C)[C@@H](O)CC1. The van der Waals surface area contributed by atoms with Gasteiger partial charge < -0.3 is 5.11 Å². The van der Waals surface area contributed by atoms with Gasteiger partial charge in [-0.15, -0.1) is 0 Å². The fourth-order valence-corrected chi connectivity index (χ4v) is 1.88.